The maximum atomic E-state index is 13.1. The van der Waals surface area contributed by atoms with Gasteiger partial charge in [-0.3, -0.25) is 14.6 Å². The molecule has 1 atom stereocenters. The highest BCUT2D eigenvalue weighted by atomic mass is 16.3. The number of carbonyl (C=O) groups excluding carboxylic acids is 2. The summed E-state index contributed by atoms with van der Waals surface area (Å²) in [4.78, 5) is 33.1. The van der Waals surface area contributed by atoms with E-state index in [2.05, 4.69) is 18.8 Å². The fourth-order valence-corrected chi connectivity index (χ4v) is 3.53. The third kappa shape index (κ3) is 3.71. The number of amides is 1. The molecule has 7 heteroatoms. The Morgan fingerprint density at radius 2 is 2.00 bits per heavy atom. The van der Waals surface area contributed by atoms with Crippen molar-refractivity contribution in [3.05, 3.63) is 65.1 Å². The Bertz CT molecular complexity index is 884. The van der Waals surface area contributed by atoms with E-state index in [9.17, 15) is 14.7 Å². The number of aliphatic hydroxyl groups excluding tert-OH is 1. The predicted molar refractivity (Wildman–Crippen MR) is 103 cm³/mol. The topological polar surface area (TPSA) is 88.1 Å². The maximum absolute atomic E-state index is 13.1. The molecule has 28 heavy (non-hydrogen) atoms. The lowest BCUT2D eigenvalue weighted by molar-refractivity contribution is -0.895. The monoisotopic (exact) mass is 384 g/mol. The van der Waals surface area contributed by atoms with E-state index in [0.29, 0.717) is 18.0 Å². The first-order valence-electron chi connectivity index (χ1n) is 9.57. The largest absolute Gasteiger partial charge is 0.503 e. The van der Waals surface area contributed by atoms with E-state index in [0.717, 1.165) is 19.6 Å². The van der Waals surface area contributed by atoms with Gasteiger partial charge in [0.25, 0.3) is 5.91 Å². The zero-order valence-electron chi connectivity index (χ0n) is 16.4. The van der Waals surface area contributed by atoms with Gasteiger partial charge in [-0.15, -0.1) is 0 Å². The van der Waals surface area contributed by atoms with E-state index in [4.69, 9.17) is 4.42 Å². The lowest BCUT2D eigenvalue weighted by Gasteiger charge is -2.27. The van der Waals surface area contributed by atoms with E-state index in [1.165, 1.54) is 9.80 Å². The zero-order chi connectivity index (χ0) is 20.3. The van der Waals surface area contributed by atoms with Crippen LogP contribution in [0.2, 0.25) is 0 Å². The quantitative estimate of drug-likeness (QED) is 0.673. The number of nitrogens with one attached hydrogen (secondary N) is 1. The van der Waals surface area contributed by atoms with Crippen molar-refractivity contribution in [2.45, 2.75) is 26.8 Å². The van der Waals surface area contributed by atoms with E-state index in [1.807, 2.05) is 0 Å². The van der Waals surface area contributed by atoms with Crippen molar-refractivity contribution in [1.29, 1.82) is 0 Å². The third-order valence-electron chi connectivity index (χ3n) is 5.19. The molecule has 1 aliphatic heterocycles. The average molecular weight is 384 g/mol. The van der Waals surface area contributed by atoms with Crippen LogP contribution in [0.25, 0.3) is 0 Å². The highest BCUT2D eigenvalue weighted by molar-refractivity contribution is 6.14. The molecule has 7 nitrogen and oxygen atoms in total. The summed E-state index contributed by atoms with van der Waals surface area (Å²) in [6.07, 6.45) is 1.61. The number of hydrogen-bond donors (Lipinski definition) is 2. The van der Waals surface area contributed by atoms with Crippen LogP contribution >= 0.6 is 0 Å². The number of furan rings is 1. The zero-order valence-corrected chi connectivity index (χ0v) is 16.4. The number of nitrogens with zero attached hydrogens (tertiary/aromatic N) is 2. The van der Waals surface area contributed by atoms with Crippen molar-refractivity contribution < 1.29 is 24.0 Å². The van der Waals surface area contributed by atoms with E-state index in [1.54, 1.807) is 43.5 Å². The number of quaternary nitrogens is 1. The van der Waals surface area contributed by atoms with Crippen molar-refractivity contribution in [3.63, 3.8) is 0 Å². The van der Waals surface area contributed by atoms with Crippen LogP contribution in [0.4, 0.5) is 0 Å². The predicted octanol–water partition coefficient (Wildman–Crippen LogP) is 1.49. The lowest BCUT2D eigenvalue weighted by Crippen LogP contribution is -3.12. The molecule has 0 spiro atoms. The minimum absolute atomic E-state index is 0.0209. The second-order valence-electron chi connectivity index (χ2n) is 6.86. The second kappa shape index (κ2) is 8.39. The van der Waals surface area contributed by atoms with Gasteiger partial charge in [-0.05, 0) is 45.0 Å². The van der Waals surface area contributed by atoms with Crippen LogP contribution in [0, 0.1) is 6.92 Å². The van der Waals surface area contributed by atoms with Crippen molar-refractivity contribution in [2.75, 3.05) is 26.2 Å². The van der Waals surface area contributed by atoms with Gasteiger partial charge in [0, 0.05) is 6.20 Å². The van der Waals surface area contributed by atoms with Crippen molar-refractivity contribution in [1.82, 2.24) is 9.88 Å². The first-order valence-corrected chi connectivity index (χ1v) is 9.57. The molecule has 0 aliphatic carbocycles. The number of aromatic nitrogens is 1. The number of aliphatic hydroxyl groups is 1. The molecule has 0 saturated carbocycles. The standard InChI is InChI=1S/C21H25N3O4/c1-4-23(5-2)12-13-24-18(15-8-6-7-11-22-15)17(20(26)21(24)27)19(25)16-10-9-14(3)28-16/h6-11,18,26H,4-5,12-13H2,1-3H3/p+1/t18-/m0/s1. The fraction of sp³-hybridized carbons (Fsp3) is 0.381. The molecule has 2 aromatic rings. The molecule has 0 bridgehead atoms. The Labute approximate surface area is 164 Å². The molecule has 2 N–H and O–H groups in total. The lowest BCUT2D eigenvalue weighted by atomic mass is 9.98. The van der Waals surface area contributed by atoms with E-state index < -0.39 is 23.5 Å². The van der Waals surface area contributed by atoms with Crippen LogP contribution in [0.1, 0.15) is 41.9 Å². The molecular formula is C21H26N3O4+. The Morgan fingerprint density at radius 1 is 1.25 bits per heavy atom. The number of rotatable bonds is 8. The Balaban J connectivity index is 1.99. The highest BCUT2D eigenvalue weighted by Gasteiger charge is 2.45. The molecule has 0 saturated heterocycles. The summed E-state index contributed by atoms with van der Waals surface area (Å²) in [5, 5.41) is 10.6. The summed E-state index contributed by atoms with van der Waals surface area (Å²) in [5.74, 6) is -0.876. The molecule has 2 aromatic heterocycles. The highest BCUT2D eigenvalue weighted by Crippen LogP contribution is 2.37. The number of Topliss-reactive ketones (excluding diaryl/α,β-unsaturated/α-hetero) is 1. The summed E-state index contributed by atoms with van der Waals surface area (Å²) in [5.41, 5.74) is 0.564. The van der Waals surface area contributed by atoms with Gasteiger partial charge in [0.15, 0.2) is 11.5 Å². The molecule has 0 unspecified atom stereocenters. The molecule has 1 amide bonds. The van der Waals surface area contributed by atoms with Gasteiger partial charge in [-0.1, -0.05) is 6.07 Å². The number of carbonyl (C=O) groups is 2. The van der Waals surface area contributed by atoms with Crippen LogP contribution in [0.3, 0.4) is 0 Å². The van der Waals surface area contributed by atoms with Crippen LogP contribution in [-0.2, 0) is 4.79 Å². The molecule has 0 fully saturated rings. The van der Waals surface area contributed by atoms with Gasteiger partial charge < -0.3 is 19.3 Å². The van der Waals surface area contributed by atoms with Gasteiger partial charge in [0.2, 0.25) is 5.78 Å². The second-order valence-corrected chi connectivity index (χ2v) is 6.86. The van der Waals surface area contributed by atoms with Gasteiger partial charge >= 0.3 is 0 Å². The molecule has 3 rings (SSSR count). The number of likely N-dealkylation sites (N-methyl/N-ethyl adjacent to an activating group) is 1. The molecule has 148 valence electrons. The van der Waals surface area contributed by atoms with Crippen molar-refractivity contribution >= 4 is 11.7 Å². The molecular weight excluding hydrogens is 358 g/mol. The summed E-state index contributed by atoms with van der Waals surface area (Å²) in [6, 6.07) is 7.83. The van der Waals surface area contributed by atoms with E-state index in [-0.39, 0.29) is 11.3 Å². The SMILES string of the molecule is CC[NH+](CC)CCN1C(=O)C(O)=C(C(=O)c2ccc(C)o2)[C@@H]1c1ccccn1. The van der Waals surface area contributed by atoms with Crippen LogP contribution in [-0.4, -0.2) is 52.9 Å². The van der Waals surface area contributed by atoms with Gasteiger partial charge in [-0.2, -0.15) is 0 Å². The number of pyridine rings is 1. The Morgan fingerprint density at radius 3 is 2.57 bits per heavy atom. The van der Waals surface area contributed by atoms with Gasteiger partial charge in [-0.25, -0.2) is 0 Å². The van der Waals surface area contributed by atoms with Crippen LogP contribution in [0.15, 0.2) is 52.3 Å². The molecule has 0 radical (unpaired) electrons. The summed E-state index contributed by atoms with van der Waals surface area (Å²) in [7, 11) is 0. The first-order chi connectivity index (χ1) is 13.5. The first kappa shape index (κ1) is 19.8. The molecule has 3 heterocycles. The number of hydrogen-bond acceptors (Lipinski definition) is 5. The maximum Gasteiger partial charge on any atom is 0.290 e. The molecule has 1 aliphatic rings. The number of aryl methyl sites for hydroxylation is 1. The van der Waals surface area contributed by atoms with Crippen molar-refractivity contribution in [3.8, 4) is 0 Å². The summed E-state index contributed by atoms with van der Waals surface area (Å²) >= 11 is 0. The summed E-state index contributed by atoms with van der Waals surface area (Å²) < 4.78 is 5.44. The van der Waals surface area contributed by atoms with Gasteiger partial charge in [0.1, 0.15) is 11.8 Å². The minimum Gasteiger partial charge on any atom is -0.503 e. The fourth-order valence-electron chi connectivity index (χ4n) is 3.53. The minimum atomic E-state index is -0.735. The van der Waals surface area contributed by atoms with Crippen LogP contribution < -0.4 is 4.90 Å². The Kier molecular flexibility index (Phi) is 5.94. The van der Waals surface area contributed by atoms with E-state index >= 15 is 0 Å². The van der Waals surface area contributed by atoms with Gasteiger partial charge in [0.05, 0.1) is 37.4 Å². The summed E-state index contributed by atoms with van der Waals surface area (Å²) in [6.45, 7) is 8.91. The smallest absolute Gasteiger partial charge is 0.290 e. The average Bonchev–Trinajstić information content (AvgIpc) is 3.25. The normalized spacial score (nSPS) is 17.1. The Hall–Kier alpha value is -2.93. The third-order valence-corrected chi connectivity index (χ3v) is 5.19. The van der Waals surface area contributed by atoms with Crippen LogP contribution in [0.5, 0.6) is 0 Å². The number of ketones is 1. The van der Waals surface area contributed by atoms with Crippen molar-refractivity contribution in [2.24, 2.45) is 0 Å². The molecule has 0 aromatic carbocycles.